The third-order valence-corrected chi connectivity index (χ3v) is 0. The standard InChI is InChI=1S/5CN.C.Na/c5*1-2;;/q5*-1;+4;+1. The van der Waals surface area contributed by atoms with Crippen LogP contribution in [0.15, 0.2) is 0 Å². The molecular formula is C6N5Na. The van der Waals surface area contributed by atoms with Crippen LogP contribution in [0, 0.1) is 66.6 Å². The van der Waals surface area contributed by atoms with Crippen LogP contribution in [0.3, 0.4) is 0 Å². The molecule has 0 fully saturated rings. The third-order valence-electron chi connectivity index (χ3n) is 0. The van der Waals surface area contributed by atoms with Gasteiger partial charge in [-0.05, 0) is 0 Å². The van der Waals surface area contributed by atoms with Gasteiger partial charge in [0.25, 0.3) is 0 Å². The van der Waals surface area contributed by atoms with Gasteiger partial charge in [-0.1, -0.05) is 0 Å². The summed E-state index contributed by atoms with van der Waals surface area (Å²) in [6.07, 6.45) is 0. The van der Waals surface area contributed by atoms with E-state index in [0.29, 0.717) is 0 Å². The summed E-state index contributed by atoms with van der Waals surface area (Å²) < 4.78 is 0. The molecule has 50 valence electrons. The molecule has 0 atom stereocenters. The van der Waals surface area contributed by atoms with Gasteiger partial charge in [-0.3, -0.25) is 0 Å². The minimum atomic E-state index is 0. The van der Waals surface area contributed by atoms with Crippen molar-refractivity contribution in [3.8, 4) is 0 Å². The molecule has 0 bridgehead atoms. The van der Waals surface area contributed by atoms with E-state index in [4.69, 9.17) is 59.2 Å². The molecule has 0 spiro atoms. The van der Waals surface area contributed by atoms with Crippen molar-refractivity contribution in [2.24, 2.45) is 0 Å². The zero-order valence-corrected chi connectivity index (χ0v) is 8.24. The second-order valence-corrected chi connectivity index (χ2v) is 0. The normalized spacial score (nSPS) is 0.833. The van der Waals surface area contributed by atoms with Gasteiger partial charge in [0, 0.05) is 0 Å². The molecule has 0 aliphatic heterocycles. The topological polar surface area (TPSA) is 119 Å². The number of rotatable bonds is 0. The zero-order chi connectivity index (χ0) is 10.0. The van der Waals surface area contributed by atoms with E-state index in [-0.39, 0.29) is 37.0 Å². The summed E-state index contributed by atoms with van der Waals surface area (Å²) in [6, 6.07) is 0. The molecule has 6 heteroatoms. The zero-order valence-electron chi connectivity index (χ0n) is 6.24. The monoisotopic (exact) mass is 165 g/mol. The predicted molar refractivity (Wildman–Crippen MR) is 28.1 cm³/mol. The first-order valence-corrected chi connectivity index (χ1v) is 1.12. The molecule has 0 aliphatic carbocycles. The van der Waals surface area contributed by atoms with Gasteiger partial charge in [0.1, 0.15) is 0 Å². The van der Waals surface area contributed by atoms with E-state index in [0.717, 1.165) is 0 Å². The molecule has 0 amide bonds. The van der Waals surface area contributed by atoms with Crippen LogP contribution >= 0.6 is 0 Å². The van der Waals surface area contributed by atoms with Gasteiger partial charge in [0.05, 0.1) is 0 Å². The molecular weight excluding hydrogens is 165 g/mol. The van der Waals surface area contributed by atoms with Crippen molar-refractivity contribution in [3.05, 3.63) is 40.3 Å². The summed E-state index contributed by atoms with van der Waals surface area (Å²) in [5.41, 5.74) is 0. The molecule has 5 nitrogen and oxygen atoms in total. The fourth-order valence-corrected chi connectivity index (χ4v) is 0. The van der Waals surface area contributed by atoms with Crippen LogP contribution in [0.5, 0.6) is 0 Å². The average molecular weight is 165 g/mol. The summed E-state index contributed by atoms with van der Waals surface area (Å²) in [4.78, 5) is 0. The van der Waals surface area contributed by atoms with Crippen molar-refractivity contribution < 1.29 is 29.6 Å². The number of hydrogen-bond donors (Lipinski definition) is 0. The van der Waals surface area contributed by atoms with Crippen LogP contribution in [-0.2, 0) is 0 Å². The van der Waals surface area contributed by atoms with Crippen LogP contribution in [0.4, 0.5) is 0 Å². The Morgan fingerprint density at radius 3 is 0.417 bits per heavy atom. The first kappa shape index (κ1) is 78.4. The van der Waals surface area contributed by atoms with Crippen molar-refractivity contribution in [1.82, 2.24) is 0 Å². The average Bonchev–Trinajstić information content (AvgIpc) is 2.20. The van der Waals surface area contributed by atoms with E-state index >= 15 is 0 Å². The number of nitrogens with zero attached hydrogens (tertiary/aromatic N) is 5. The molecule has 0 saturated heterocycles. The molecule has 12 heavy (non-hydrogen) atoms. The Morgan fingerprint density at radius 2 is 0.417 bits per heavy atom. The predicted octanol–water partition coefficient (Wildman–Crippen LogP) is -2.43. The Balaban J connectivity index is -0.00000000500. The maximum absolute atomic E-state index is 6.25. The summed E-state index contributed by atoms with van der Waals surface area (Å²) in [5.74, 6) is 0. The van der Waals surface area contributed by atoms with Gasteiger partial charge >= 0.3 is 37.0 Å². The smallest absolute Gasteiger partial charge is 0.512 e. The van der Waals surface area contributed by atoms with Crippen LogP contribution in [0.1, 0.15) is 0 Å². The van der Waals surface area contributed by atoms with E-state index < -0.39 is 0 Å². The minimum absolute atomic E-state index is 0. The molecule has 0 saturated carbocycles. The molecule has 0 radical (unpaired) electrons. The van der Waals surface area contributed by atoms with Crippen LogP contribution in [0.2, 0.25) is 0 Å². The van der Waals surface area contributed by atoms with Gasteiger partial charge < -0.3 is 59.2 Å². The fraction of sp³-hybridized carbons (Fsp3) is 0. The molecule has 0 N–H and O–H groups in total. The molecule has 0 aliphatic rings. The van der Waals surface area contributed by atoms with Gasteiger partial charge in [-0.25, -0.2) is 0 Å². The summed E-state index contributed by atoms with van der Waals surface area (Å²) >= 11 is 0. The molecule has 0 aromatic carbocycles. The first-order valence-electron chi connectivity index (χ1n) is 1.12. The van der Waals surface area contributed by atoms with Crippen LogP contribution < -0.4 is 29.6 Å². The first-order chi connectivity index (χ1) is 5.00. The van der Waals surface area contributed by atoms with Gasteiger partial charge in [-0.15, -0.1) is 0 Å². The Hall–Kier alpha value is -1.55. The van der Waals surface area contributed by atoms with E-state index in [2.05, 4.69) is 0 Å². The molecule has 0 heterocycles. The molecule has 0 rings (SSSR count). The van der Waals surface area contributed by atoms with E-state index in [1.54, 1.807) is 0 Å². The van der Waals surface area contributed by atoms with E-state index in [1.807, 2.05) is 0 Å². The van der Waals surface area contributed by atoms with Crippen molar-refractivity contribution >= 4 is 0 Å². The molecule has 0 aromatic heterocycles. The van der Waals surface area contributed by atoms with Gasteiger partial charge in [0.15, 0.2) is 0 Å². The van der Waals surface area contributed by atoms with Crippen molar-refractivity contribution in [2.75, 3.05) is 0 Å². The molecule has 0 aromatic rings. The SMILES string of the molecule is [C+4].[C-]#N.[C-]#N.[C-]#N.[C-]#N.[C-]#N.[Na+]. The second-order valence-electron chi connectivity index (χ2n) is 0. The van der Waals surface area contributed by atoms with E-state index in [1.165, 1.54) is 0 Å². The van der Waals surface area contributed by atoms with Crippen molar-refractivity contribution in [3.63, 3.8) is 0 Å². The summed E-state index contributed by atoms with van der Waals surface area (Å²) in [7, 11) is 0. The number of hydrogen-bond acceptors (Lipinski definition) is 5. The Labute approximate surface area is 96.0 Å². The Bertz CT molecular complexity index is 74.5. The van der Waals surface area contributed by atoms with Gasteiger partial charge in [0.2, 0.25) is 0 Å². The maximum Gasteiger partial charge on any atom is 4.00 e. The fourth-order valence-electron chi connectivity index (χ4n) is 0. The summed E-state index contributed by atoms with van der Waals surface area (Å²) in [6.45, 7) is 23.8. The van der Waals surface area contributed by atoms with Gasteiger partial charge in [-0.2, -0.15) is 0 Å². The Morgan fingerprint density at radius 1 is 0.417 bits per heavy atom. The van der Waals surface area contributed by atoms with E-state index in [9.17, 15) is 0 Å². The van der Waals surface area contributed by atoms with Crippen LogP contribution in [-0.4, -0.2) is 0 Å². The van der Waals surface area contributed by atoms with Crippen molar-refractivity contribution in [1.29, 1.82) is 26.3 Å². The maximum atomic E-state index is 6.25. The summed E-state index contributed by atoms with van der Waals surface area (Å²) in [5, 5.41) is 31.2. The van der Waals surface area contributed by atoms with Crippen molar-refractivity contribution in [2.45, 2.75) is 0 Å². The quantitative estimate of drug-likeness (QED) is 0.292. The largest absolute Gasteiger partial charge is 4.00 e. The molecule has 0 unspecified atom stereocenters. The van der Waals surface area contributed by atoms with Crippen LogP contribution in [0.25, 0.3) is 0 Å². The second kappa shape index (κ2) is 281. The third kappa shape index (κ3) is 195. The minimum Gasteiger partial charge on any atom is -0.512 e. The Kier molecular flexibility index (Phi) is 1840.